The van der Waals surface area contributed by atoms with Gasteiger partial charge in [0, 0.05) is 13.1 Å². The first kappa shape index (κ1) is 11.5. The molecule has 18 heavy (non-hydrogen) atoms. The Hall–Kier alpha value is -1.59. The number of halogens is 1. The zero-order chi connectivity index (χ0) is 12.4. The quantitative estimate of drug-likeness (QED) is 0.829. The molecule has 1 fully saturated rings. The fourth-order valence-corrected chi connectivity index (χ4v) is 2.43. The predicted octanol–water partition coefficient (Wildman–Crippen LogP) is 1.76. The number of ether oxygens (including phenoxy) is 1. The van der Waals surface area contributed by atoms with Crippen LogP contribution in [0, 0.1) is 0 Å². The molecule has 1 aromatic heterocycles. The van der Waals surface area contributed by atoms with Crippen molar-refractivity contribution in [3.8, 4) is 5.69 Å². The van der Waals surface area contributed by atoms with Crippen molar-refractivity contribution in [3.05, 3.63) is 35.9 Å². The van der Waals surface area contributed by atoms with Crippen LogP contribution in [0.3, 0.4) is 0 Å². The second-order valence-corrected chi connectivity index (χ2v) is 4.48. The van der Waals surface area contributed by atoms with Gasteiger partial charge in [-0.05, 0) is 12.1 Å². The second kappa shape index (κ2) is 4.96. The first-order chi connectivity index (χ1) is 8.86. The van der Waals surface area contributed by atoms with Crippen LogP contribution < -0.4 is 4.90 Å². The van der Waals surface area contributed by atoms with E-state index in [1.54, 1.807) is 12.7 Å². The lowest BCUT2D eigenvalue weighted by Gasteiger charge is -2.31. The minimum atomic E-state index is 0.729. The third kappa shape index (κ3) is 2.07. The molecule has 0 atom stereocenters. The molecule has 1 saturated heterocycles. The van der Waals surface area contributed by atoms with Crippen LogP contribution >= 0.6 is 11.6 Å². The molecular formula is C12H13ClN4O. The minimum absolute atomic E-state index is 0.729. The van der Waals surface area contributed by atoms with Gasteiger partial charge in [0.1, 0.15) is 12.7 Å². The molecule has 0 radical (unpaired) electrons. The molecule has 0 saturated carbocycles. The van der Waals surface area contributed by atoms with Gasteiger partial charge in [0.25, 0.3) is 0 Å². The highest BCUT2D eigenvalue weighted by Crippen LogP contribution is 2.32. The molecule has 2 heterocycles. The number of aromatic nitrogens is 3. The van der Waals surface area contributed by atoms with Crippen LogP contribution in [0.2, 0.25) is 5.02 Å². The van der Waals surface area contributed by atoms with E-state index in [1.807, 2.05) is 22.8 Å². The molecule has 94 valence electrons. The third-order valence-electron chi connectivity index (χ3n) is 2.99. The maximum Gasteiger partial charge on any atom is 0.123 e. The Bertz CT molecular complexity index is 523. The van der Waals surface area contributed by atoms with Crippen molar-refractivity contribution in [1.82, 2.24) is 14.8 Å². The van der Waals surface area contributed by atoms with Gasteiger partial charge in [-0.2, -0.15) is 0 Å². The molecule has 1 aromatic carbocycles. The number of nitrogens with zero attached hydrogens (tertiary/aromatic N) is 4. The van der Waals surface area contributed by atoms with Gasteiger partial charge in [0.05, 0.1) is 29.6 Å². The zero-order valence-electron chi connectivity index (χ0n) is 9.79. The molecule has 0 unspecified atom stereocenters. The van der Waals surface area contributed by atoms with Crippen LogP contribution in [0.5, 0.6) is 0 Å². The summed E-state index contributed by atoms with van der Waals surface area (Å²) in [6, 6.07) is 5.85. The van der Waals surface area contributed by atoms with E-state index in [0.717, 1.165) is 42.7 Å². The summed E-state index contributed by atoms with van der Waals surface area (Å²) in [5.74, 6) is 0. The third-order valence-corrected chi connectivity index (χ3v) is 3.29. The normalized spacial score (nSPS) is 15.9. The SMILES string of the molecule is Clc1cccc(-n2cnnc2)c1N1CCOCC1. The van der Waals surface area contributed by atoms with E-state index in [2.05, 4.69) is 15.1 Å². The predicted molar refractivity (Wildman–Crippen MR) is 69.4 cm³/mol. The van der Waals surface area contributed by atoms with E-state index < -0.39 is 0 Å². The molecule has 0 spiro atoms. The summed E-state index contributed by atoms with van der Waals surface area (Å²) in [6.45, 7) is 3.15. The Morgan fingerprint density at radius 2 is 1.83 bits per heavy atom. The van der Waals surface area contributed by atoms with Gasteiger partial charge < -0.3 is 9.64 Å². The highest BCUT2D eigenvalue weighted by Gasteiger charge is 2.18. The Kier molecular flexibility index (Phi) is 3.17. The van der Waals surface area contributed by atoms with Crippen molar-refractivity contribution in [3.63, 3.8) is 0 Å². The molecule has 3 rings (SSSR count). The Balaban J connectivity index is 2.06. The fraction of sp³-hybridized carbons (Fsp3) is 0.333. The van der Waals surface area contributed by atoms with Gasteiger partial charge in [-0.1, -0.05) is 17.7 Å². The van der Waals surface area contributed by atoms with Gasteiger partial charge in [-0.15, -0.1) is 10.2 Å². The molecule has 5 nitrogen and oxygen atoms in total. The highest BCUT2D eigenvalue weighted by atomic mass is 35.5. The number of rotatable bonds is 2. The van der Waals surface area contributed by atoms with Crippen LogP contribution in [0.4, 0.5) is 5.69 Å². The summed E-state index contributed by atoms with van der Waals surface area (Å²) in [7, 11) is 0. The zero-order valence-corrected chi connectivity index (χ0v) is 10.5. The minimum Gasteiger partial charge on any atom is -0.378 e. The van der Waals surface area contributed by atoms with Crippen molar-refractivity contribution in [2.75, 3.05) is 31.2 Å². The monoisotopic (exact) mass is 264 g/mol. The molecule has 1 aliphatic heterocycles. The number of anilines is 1. The molecule has 0 N–H and O–H groups in total. The van der Waals surface area contributed by atoms with Crippen LogP contribution in [0.1, 0.15) is 0 Å². The van der Waals surface area contributed by atoms with Gasteiger partial charge in [0.15, 0.2) is 0 Å². The Morgan fingerprint density at radius 1 is 1.11 bits per heavy atom. The van der Waals surface area contributed by atoms with E-state index in [0.29, 0.717) is 0 Å². The smallest absolute Gasteiger partial charge is 0.123 e. The molecule has 1 aliphatic rings. The Morgan fingerprint density at radius 3 is 2.56 bits per heavy atom. The number of hydrogen-bond donors (Lipinski definition) is 0. The van der Waals surface area contributed by atoms with E-state index in [-0.39, 0.29) is 0 Å². The second-order valence-electron chi connectivity index (χ2n) is 4.08. The molecule has 2 aromatic rings. The summed E-state index contributed by atoms with van der Waals surface area (Å²) < 4.78 is 7.25. The summed E-state index contributed by atoms with van der Waals surface area (Å²) in [5, 5.41) is 8.42. The lowest BCUT2D eigenvalue weighted by atomic mass is 10.2. The van der Waals surface area contributed by atoms with Crippen molar-refractivity contribution >= 4 is 17.3 Å². The summed E-state index contributed by atoms with van der Waals surface area (Å²) in [6.07, 6.45) is 3.35. The van der Waals surface area contributed by atoms with E-state index in [4.69, 9.17) is 16.3 Å². The lowest BCUT2D eigenvalue weighted by Crippen LogP contribution is -2.37. The van der Waals surface area contributed by atoms with Gasteiger partial charge in [-0.25, -0.2) is 0 Å². The van der Waals surface area contributed by atoms with Crippen molar-refractivity contribution in [2.45, 2.75) is 0 Å². The molecule has 6 heteroatoms. The number of hydrogen-bond acceptors (Lipinski definition) is 4. The maximum atomic E-state index is 6.34. The molecular weight excluding hydrogens is 252 g/mol. The van der Waals surface area contributed by atoms with Gasteiger partial charge >= 0.3 is 0 Å². The average molecular weight is 265 g/mol. The van der Waals surface area contributed by atoms with Crippen LogP contribution in [-0.2, 0) is 4.74 Å². The van der Waals surface area contributed by atoms with Crippen molar-refractivity contribution < 1.29 is 4.74 Å². The molecule has 0 amide bonds. The maximum absolute atomic E-state index is 6.34. The van der Waals surface area contributed by atoms with Crippen LogP contribution in [-0.4, -0.2) is 41.1 Å². The van der Waals surface area contributed by atoms with Crippen LogP contribution in [0.15, 0.2) is 30.9 Å². The average Bonchev–Trinajstić information content (AvgIpc) is 2.93. The summed E-state index contributed by atoms with van der Waals surface area (Å²) >= 11 is 6.34. The number of benzene rings is 1. The number of para-hydroxylation sites is 1. The van der Waals surface area contributed by atoms with E-state index >= 15 is 0 Å². The molecule has 0 bridgehead atoms. The first-order valence-corrected chi connectivity index (χ1v) is 6.20. The Labute approximate surface area is 110 Å². The lowest BCUT2D eigenvalue weighted by molar-refractivity contribution is 0.122. The summed E-state index contributed by atoms with van der Waals surface area (Å²) in [4.78, 5) is 2.24. The summed E-state index contributed by atoms with van der Waals surface area (Å²) in [5.41, 5.74) is 2.01. The van der Waals surface area contributed by atoms with Crippen molar-refractivity contribution in [1.29, 1.82) is 0 Å². The van der Waals surface area contributed by atoms with Crippen molar-refractivity contribution in [2.24, 2.45) is 0 Å². The molecule has 0 aliphatic carbocycles. The largest absolute Gasteiger partial charge is 0.378 e. The van der Waals surface area contributed by atoms with E-state index in [1.165, 1.54) is 0 Å². The topological polar surface area (TPSA) is 43.2 Å². The van der Waals surface area contributed by atoms with E-state index in [9.17, 15) is 0 Å². The van der Waals surface area contributed by atoms with Crippen LogP contribution in [0.25, 0.3) is 5.69 Å². The standard InChI is InChI=1S/C12H13ClN4O/c13-10-2-1-3-11(17-8-14-15-9-17)12(10)16-4-6-18-7-5-16/h1-3,8-9H,4-7H2. The number of morpholine rings is 1. The first-order valence-electron chi connectivity index (χ1n) is 5.82. The highest BCUT2D eigenvalue weighted by molar-refractivity contribution is 6.33. The van der Waals surface area contributed by atoms with Gasteiger partial charge in [0.2, 0.25) is 0 Å². The van der Waals surface area contributed by atoms with Gasteiger partial charge in [-0.3, -0.25) is 4.57 Å². The fourth-order valence-electron chi connectivity index (χ4n) is 2.14.